The zero-order chi connectivity index (χ0) is 21.7. The lowest BCUT2D eigenvalue weighted by atomic mass is 9.98. The van der Waals surface area contributed by atoms with Gasteiger partial charge in [-0.2, -0.15) is 4.31 Å². The summed E-state index contributed by atoms with van der Waals surface area (Å²) in [6, 6.07) is 14.4. The number of aryl methyl sites for hydroxylation is 2. The Morgan fingerprint density at radius 2 is 1.87 bits per heavy atom. The fourth-order valence-corrected chi connectivity index (χ4v) is 5.09. The summed E-state index contributed by atoms with van der Waals surface area (Å²) in [4.78, 5) is 13.0. The van der Waals surface area contributed by atoms with E-state index in [2.05, 4.69) is 5.32 Å². The van der Waals surface area contributed by atoms with E-state index in [1.54, 1.807) is 24.3 Å². The van der Waals surface area contributed by atoms with Crippen LogP contribution in [0.15, 0.2) is 53.4 Å². The van der Waals surface area contributed by atoms with Crippen molar-refractivity contribution in [2.45, 2.75) is 44.6 Å². The van der Waals surface area contributed by atoms with Gasteiger partial charge in [0.05, 0.1) is 16.9 Å². The topological polar surface area (TPSA) is 75.7 Å². The lowest BCUT2D eigenvalue weighted by Crippen LogP contribution is -2.48. The number of amides is 1. The van der Waals surface area contributed by atoms with Crippen LogP contribution in [0.25, 0.3) is 0 Å². The van der Waals surface area contributed by atoms with Gasteiger partial charge in [0.1, 0.15) is 12.4 Å². The number of piperidine rings is 1. The third-order valence-electron chi connectivity index (χ3n) is 5.38. The summed E-state index contributed by atoms with van der Waals surface area (Å²) in [6.45, 7) is 6.78. The molecule has 2 unspecified atom stereocenters. The molecule has 0 aliphatic carbocycles. The summed E-state index contributed by atoms with van der Waals surface area (Å²) in [7, 11) is -3.60. The molecule has 1 saturated heterocycles. The van der Waals surface area contributed by atoms with Crippen molar-refractivity contribution in [3.05, 3.63) is 59.7 Å². The molecule has 30 heavy (non-hydrogen) atoms. The van der Waals surface area contributed by atoms with E-state index in [-0.39, 0.29) is 29.3 Å². The van der Waals surface area contributed by atoms with Gasteiger partial charge in [-0.05, 0) is 57.4 Å². The zero-order valence-corrected chi connectivity index (χ0v) is 18.6. The minimum Gasteiger partial charge on any atom is -0.491 e. The molecular weight excluding hydrogens is 400 g/mol. The SMILES string of the molecule is Cc1ccc(S(=O)(=O)N2CCCC(C(=O)NC(C)COc3ccccc3C)C2)cc1. The average molecular weight is 431 g/mol. The maximum Gasteiger partial charge on any atom is 0.243 e. The van der Waals surface area contributed by atoms with Crippen LogP contribution in [-0.4, -0.2) is 44.4 Å². The van der Waals surface area contributed by atoms with Gasteiger partial charge in [-0.15, -0.1) is 0 Å². The van der Waals surface area contributed by atoms with Crippen molar-refractivity contribution < 1.29 is 17.9 Å². The Morgan fingerprint density at radius 3 is 2.57 bits per heavy atom. The van der Waals surface area contributed by atoms with E-state index < -0.39 is 10.0 Å². The number of sulfonamides is 1. The van der Waals surface area contributed by atoms with Crippen LogP contribution in [0, 0.1) is 19.8 Å². The van der Waals surface area contributed by atoms with E-state index >= 15 is 0 Å². The van der Waals surface area contributed by atoms with Crippen LogP contribution in [0.5, 0.6) is 5.75 Å². The van der Waals surface area contributed by atoms with Crippen LogP contribution in [0.3, 0.4) is 0 Å². The molecular formula is C23H30N2O4S. The first-order valence-electron chi connectivity index (χ1n) is 10.3. The van der Waals surface area contributed by atoms with Gasteiger partial charge in [0, 0.05) is 13.1 Å². The van der Waals surface area contributed by atoms with Gasteiger partial charge >= 0.3 is 0 Å². The molecule has 162 valence electrons. The lowest BCUT2D eigenvalue weighted by molar-refractivity contribution is -0.126. The minimum atomic E-state index is -3.60. The normalized spacial score (nSPS) is 18.6. The largest absolute Gasteiger partial charge is 0.491 e. The number of para-hydroxylation sites is 1. The smallest absolute Gasteiger partial charge is 0.243 e. The van der Waals surface area contributed by atoms with Crippen molar-refractivity contribution in [1.82, 2.24) is 9.62 Å². The third-order valence-corrected chi connectivity index (χ3v) is 7.26. The summed E-state index contributed by atoms with van der Waals surface area (Å²) in [6.07, 6.45) is 1.34. The number of hydrogen-bond acceptors (Lipinski definition) is 4. The number of nitrogens with zero attached hydrogens (tertiary/aromatic N) is 1. The molecule has 0 radical (unpaired) electrons. The van der Waals surface area contributed by atoms with Crippen molar-refractivity contribution in [1.29, 1.82) is 0 Å². The third kappa shape index (κ3) is 5.40. The molecule has 0 aromatic heterocycles. The number of nitrogens with one attached hydrogen (secondary N) is 1. The first-order chi connectivity index (χ1) is 14.3. The van der Waals surface area contributed by atoms with E-state index in [9.17, 15) is 13.2 Å². The highest BCUT2D eigenvalue weighted by atomic mass is 32.2. The van der Waals surface area contributed by atoms with Crippen LogP contribution >= 0.6 is 0 Å². The Morgan fingerprint density at radius 1 is 1.17 bits per heavy atom. The minimum absolute atomic E-state index is 0.125. The Bertz CT molecular complexity index is 973. The number of ether oxygens (including phenoxy) is 1. The van der Waals surface area contributed by atoms with Crippen LogP contribution in [0.2, 0.25) is 0 Å². The second-order valence-corrected chi connectivity index (χ2v) is 9.94. The van der Waals surface area contributed by atoms with Gasteiger partial charge in [0.2, 0.25) is 15.9 Å². The molecule has 2 aromatic carbocycles. The van der Waals surface area contributed by atoms with Crippen molar-refractivity contribution in [3.8, 4) is 5.75 Å². The molecule has 1 heterocycles. The Kier molecular flexibility index (Phi) is 7.15. The fraction of sp³-hybridized carbons (Fsp3) is 0.435. The van der Waals surface area contributed by atoms with Crippen molar-refractivity contribution >= 4 is 15.9 Å². The van der Waals surface area contributed by atoms with Gasteiger partial charge in [-0.3, -0.25) is 4.79 Å². The molecule has 0 bridgehead atoms. The van der Waals surface area contributed by atoms with E-state index in [4.69, 9.17) is 4.74 Å². The molecule has 6 nitrogen and oxygen atoms in total. The van der Waals surface area contributed by atoms with Gasteiger partial charge in [-0.25, -0.2) is 8.42 Å². The highest BCUT2D eigenvalue weighted by Gasteiger charge is 2.33. The molecule has 0 saturated carbocycles. The van der Waals surface area contributed by atoms with Gasteiger partial charge in [-0.1, -0.05) is 35.9 Å². The zero-order valence-electron chi connectivity index (χ0n) is 17.8. The molecule has 7 heteroatoms. The van der Waals surface area contributed by atoms with E-state index in [0.717, 1.165) is 16.9 Å². The van der Waals surface area contributed by atoms with Gasteiger partial charge in [0.15, 0.2) is 0 Å². The highest BCUT2D eigenvalue weighted by molar-refractivity contribution is 7.89. The average Bonchev–Trinajstić information content (AvgIpc) is 2.73. The van der Waals surface area contributed by atoms with Crippen molar-refractivity contribution in [2.75, 3.05) is 19.7 Å². The lowest BCUT2D eigenvalue weighted by Gasteiger charge is -2.32. The van der Waals surface area contributed by atoms with Crippen molar-refractivity contribution in [2.24, 2.45) is 5.92 Å². The number of carbonyl (C=O) groups is 1. The monoisotopic (exact) mass is 430 g/mol. The van der Waals surface area contributed by atoms with Crippen LogP contribution in [0.4, 0.5) is 0 Å². The number of carbonyl (C=O) groups excluding carboxylic acids is 1. The molecule has 2 atom stereocenters. The maximum atomic E-state index is 13.0. The van der Waals surface area contributed by atoms with Crippen LogP contribution in [-0.2, 0) is 14.8 Å². The number of benzene rings is 2. The fourth-order valence-electron chi connectivity index (χ4n) is 3.57. The van der Waals surface area contributed by atoms with Crippen LogP contribution in [0.1, 0.15) is 30.9 Å². The number of rotatable bonds is 7. The van der Waals surface area contributed by atoms with Crippen LogP contribution < -0.4 is 10.1 Å². The molecule has 1 aliphatic rings. The summed E-state index contributed by atoms with van der Waals surface area (Å²) < 4.78 is 33.1. The quantitative estimate of drug-likeness (QED) is 0.731. The first-order valence-corrected chi connectivity index (χ1v) is 11.8. The van der Waals surface area contributed by atoms with Gasteiger partial charge in [0.25, 0.3) is 0 Å². The predicted molar refractivity (Wildman–Crippen MR) is 117 cm³/mol. The number of hydrogen-bond donors (Lipinski definition) is 1. The van der Waals surface area contributed by atoms with E-state index in [1.807, 2.05) is 45.0 Å². The molecule has 1 amide bonds. The standard InChI is InChI=1S/C23H30N2O4S/c1-17-10-12-21(13-11-17)30(27,28)25-14-6-8-20(15-25)23(26)24-19(3)16-29-22-9-5-4-7-18(22)2/h4-5,7,9-13,19-20H,6,8,14-16H2,1-3H3,(H,24,26). The summed E-state index contributed by atoms with van der Waals surface area (Å²) in [5, 5.41) is 2.97. The molecule has 1 fully saturated rings. The Hall–Kier alpha value is -2.38. The summed E-state index contributed by atoms with van der Waals surface area (Å²) >= 11 is 0. The Balaban J connectivity index is 1.57. The Labute approximate surface area is 179 Å². The molecule has 2 aromatic rings. The summed E-state index contributed by atoms with van der Waals surface area (Å²) in [5.74, 6) is 0.311. The first kappa shape index (κ1) is 22.3. The predicted octanol–water partition coefficient (Wildman–Crippen LogP) is 3.29. The van der Waals surface area contributed by atoms with E-state index in [0.29, 0.717) is 26.0 Å². The summed E-state index contributed by atoms with van der Waals surface area (Å²) in [5.41, 5.74) is 2.05. The second kappa shape index (κ2) is 9.62. The molecule has 1 N–H and O–H groups in total. The maximum absolute atomic E-state index is 13.0. The molecule has 0 spiro atoms. The highest BCUT2D eigenvalue weighted by Crippen LogP contribution is 2.24. The second-order valence-electron chi connectivity index (χ2n) is 8.00. The van der Waals surface area contributed by atoms with Crippen molar-refractivity contribution in [3.63, 3.8) is 0 Å². The molecule has 3 rings (SSSR count). The molecule has 1 aliphatic heterocycles. The van der Waals surface area contributed by atoms with E-state index in [1.165, 1.54) is 4.31 Å². The van der Waals surface area contributed by atoms with Gasteiger partial charge < -0.3 is 10.1 Å².